The highest BCUT2D eigenvalue weighted by Crippen LogP contribution is 2.27. The van der Waals surface area contributed by atoms with Gasteiger partial charge in [0.25, 0.3) is 0 Å². The number of aromatic nitrogens is 1. The molecule has 0 N–H and O–H groups in total. The molecule has 0 fully saturated rings. The van der Waals surface area contributed by atoms with Crippen molar-refractivity contribution >= 4 is 5.97 Å². The molecule has 0 bridgehead atoms. The van der Waals surface area contributed by atoms with Gasteiger partial charge in [-0.3, -0.25) is 4.98 Å². The van der Waals surface area contributed by atoms with Crippen LogP contribution in [0.15, 0.2) is 60.7 Å². The van der Waals surface area contributed by atoms with Crippen molar-refractivity contribution in [3.8, 4) is 17.0 Å². The van der Waals surface area contributed by atoms with Gasteiger partial charge in [0.1, 0.15) is 12.4 Å². The zero-order valence-corrected chi connectivity index (χ0v) is 15.2. The van der Waals surface area contributed by atoms with Crippen LogP contribution in [0.5, 0.6) is 5.75 Å². The molecule has 1 heterocycles. The smallest absolute Gasteiger partial charge is 0.338 e. The summed E-state index contributed by atoms with van der Waals surface area (Å²) < 4.78 is 10.7. The number of esters is 1. The van der Waals surface area contributed by atoms with Crippen LogP contribution < -0.4 is 4.74 Å². The zero-order valence-electron chi connectivity index (χ0n) is 15.2. The highest BCUT2D eigenvalue weighted by Gasteiger charge is 2.15. The summed E-state index contributed by atoms with van der Waals surface area (Å²) in [4.78, 5) is 16.6. The van der Waals surface area contributed by atoms with Crippen LogP contribution in [0.2, 0.25) is 0 Å². The van der Waals surface area contributed by atoms with Gasteiger partial charge in [-0.2, -0.15) is 0 Å². The molecule has 0 aliphatic rings. The van der Waals surface area contributed by atoms with Crippen molar-refractivity contribution < 1.29 is 14.3 Å². The number of carbonyl (C=O) groups is 1. The molecule has 4 nitrogen and oxygen atoms in total. The predicted molar refractivity (Wildman–Crippen MR) is 101 cm³/mol. The van der Waals surface area contributed by atoms with Crippen LogP contribution >= 0.6 is 0 Å². The van der Waals surface area contributed by atoms with Crippen molar-refractivity contribution in [1.82, 2.24) is 4.98 Å². The number of nitrogens with zero attached hydrogens (tertiary/aromatic N) is 1. The lowest BCUT2D eigenvalue weighted by atomic mass is 10.0. The third-order valence-corrected chi connectivity index (χ3v) is 4.18. The van der Waals surface area contributed by atoms with Crippen LogP contribution in [-0.2, 0) is 11.3 Å². The van der Waals surface area contributed by atoms with E-state index in [1.807, 2.05) is 68.4 Å². The van der Waals surface area contributed by atoms with E-state index in [4.69, 9.17) is 9.47 Å². The fourth-order valence-corrected chi connectivity index (χ4v) is 2.79. The number of ether oxygens (including phenoxy) is 2. The van der Waals surface area contributed by atoms with Crippen molar-refractivity contribution in [3.05, 3.63) is 83.0 Å². The first-order valence-electron chi connectivity index (χ1n) is 8.42. The molecule has 0 saturated carbocycles. The van der Waals surface area contributed by atoms with Crippen LogP contribution in [-0.4, -0.2) is 18.1 Å². The lowest BCUT2D eigenvalue weighted by Gasteiger charge is -2.12. The summed E-state index contributed by atoms with van der Waals surface area (Å²) in [5, 5.41) is 0. The Kier molecular flexibility index (Phi) is 5.32. The SMILES string of the molecule is COC(=O)c1cc(C)nc(-c2ccc(OCc3ccccc3)cc2)c1C. The van der Waals surface area contributed by atoms with E-state index in [1.165, 1.54) is 7.11 Å². The number of aryl methyl sites for hydroxylation is 1. The molecule has 3 aromatic rings. The molecule has 0 aliphatic carbocycles. The Hall–Kier alpha value is -3.14. The molecule has 0 aliphatic heterocycles. The average molecular weight is 347 g/mol. The molecule has 0 atom stereocenters. The summed E-state index contributed by atoms with van der Waals surface area (Å²) >= 11 is 0. The van der Waals surface area contributed by atoms with Gasteiger partial charge in [-0.05, 0) is 55.3 Å². The Bertz CT molecular complexity index is 903. The molecule has 4 heteroatoms. The summed E-state index contributed by atoms with van der Waals surface area (Å²) in [6.07, 6.45) is 0. The van der Waals surface area contributed by atoms with Gasteiger partial charge in [0, 0.05) is 11.3 Å². The fraction of sp³-hybridized carbons (Fsp3) is 0.182. The molecule has 0 radical (unpaired) electrons. The third-order valence-electron chi connectivity index (χ3n) is 4.18. The second kappa shape index (κ2) is 7.83. The summed E-state index contributed by atoms with van der Waals surface area (Å²) in [6, 6.07) is 19.5. The monoisotopic (exact) mass is 347 g/mol. The highest BCUT2D eigenvalue weighted by atomic mass is 16.5. The predicted octanol–water partition coefficient (Wildman–Crippen LogP) is 4.73. The molecule has 3 rings (SSSR count). The molecule has 0 saturated heterocycles. The third kappa shape index (κ3) is 3.91. The van der Waals surface area contributed by atoms with Gasteiger partial charge in [-0.25, -0.2) is 4.79 Å². The van der Waals surface area contributed by atoms with Gasteiger partial charge in [-0.1, -0.05) is 30.3 Å². The highest BCUT2D eigenvalue weighted by molar-refractivity contribution is 5.93. The maximum absolute atomic E-state index is 12.0. The van der Waals surface area contributed by atoms with E-state index >= 15 is 0 Å². The summed E-state index contributed by atoms with van der Waals surface area (Å²) in [5.41, 5.74) is 4.95. The van der Waals surface area contributed by atoms with E-state index in [-0.39, 0.29) is 5.97 Å². The number of methoxy groups -OCH3 is 1. The van der Waals surface area contributed by atoms with E-state index in [0.717, 1.165) is 33.8 Å². The Morgan fingerprint density at radius 3 is 2.35 bits per heavy atom. The fourth-order valence-electron chi connectivity index (χ4n) is 2.79. The summed E-state index contributed by atoms with van der Waals surface area (Å²) in [5.74, 6) is 0.438. The Morgan fingerprint density at radius 2 is 1.69 bits per heavy atom. The molecule has 0 spiro atoms. The quantitative estimate of drug-likeness (QED) is 0.626. The maximum Gasteiger partial charge on any atom is 0.338 e. The first kappa shape index (κ1) is 17.7. The van der Waals surface area contributed by atoms with Crippen molar-refractivity contribution in [1.29, 1.82) is 0 Å². The lowest BCUT2D eigenvalue weighted by Crippen LogP contribution is -2.07. The van der Waals surface area contributed by atoms with Gasteiger partial charge in [-0.15, -0.1) is 0 Å². The van der Waals surface area contributed by atoms with E-state index in [1.54, 1.807) is 6.07 Å². The molecule has 0 unspecified atom stereocenters. The van der Waals surface area contributed by atoms with E-state index < -0.39 is 0 Å². The number of carbonyl (C=O) groups excluding carboxylic acids is 1. The van der Waals surface area contributed by atoms with Crippen molar-refractivity contribution in [2.24, 2.45) is 0 Å². The second-order valence-corrected chi connectivity index (χ2v) is 6.08. The number of pyridine rings is 1. The summed E-state index contributed by atoms with van der Waals surface area (Å²) in [6.45, 7) is 4.27. The minimum atomic E-state index is -0.350. The topological polar surface area (TPSA) is 48.4 Å². The number of benzene rings is 2. The molecule has 0 amide bonds. The second-order valence-electron chi connectivity index (χ2n) is 6.08. The normalized spacial score (nSPS) is 10.4. The minimum absolute atomic E-state index is 0.350. The van der Waals surface area contributed by atoms with Gasteiger partial charge < -0.3 is 9.47 Å². The minimum Gasteiger partial charge on any atom is -0.489 e. The first-order chi connectivity index (χ1) is 12.6. The molecular weight excluding hydrogens is 326 g/mol. The summed E-state index contributed by atoms with van der Waals surface area (Å²) in [7, 11) is 1.38. The van der Waals surface area contributed by atoms with Crippen molar-refractivity contribution in [2.45, 2.75) is 20.5 Å². The van der Waals surface area contributed by atoms with Gasteiger partial charge >= 0.3 is 5.97 Å². The average Bonchev–Trinajstić information content (AvgIpc) is 2.68. The Labute approximate surface area is 153 Å². The number of rotatable bonds is 5. The van der Waals surface area contributed by atoms with Crippen LogP contribution in [0.1, 0.15) is 27.2 Å². The number of hydrogen-bond donors (Lipinski definition) is 0. The van der Waals surface area contributed by atoms with E-state index in [2.05, 4.69) is 4.98 Å². The molecule has 1 aromatic heterocycles. The molecule has 2 aromatic carbocycles. The first-order valence-corrected chi connectivity index (χ1v) is 8.42. The largest absolute Gasteiger partial charge is 0.489 e. The Balaban J connectivity index is 1.82. The van der Waals surface area contributed by atoms with Gasteiger partial charge in [0.15, 0.2) is 0 Å². The van der Waals surface area contributed by atoms with Crippen molar-refractivity contribution in [3.63, 3.8) is 0 Å². The molecule has 132 valence electrons. The van der Waals surface area contributed by atoms with Gasteiger partial charge in [0.05, 0.1) is 18.4 Å². The van der Waals surface area contributed by atoms with Crippen molar-refractivity contribution in [2.75, 3.05) is 7.11 Å². The lowest BCUT2D eigenvalue weighted by molar-refractivity contribution is 0.0599. The maximum atomic E-state index is 12.0. The van der Waals surface area contributed by atoms with Crippen LogP contribution in [0, 0.1) is 13.8 Å². The van der Waals surface area contributed by atoms with E-state index in [9.17, 15) is 4.79 Å². The molecular formula is C22H21NO3. The molecule has 26 heavy (non-hydrogen) atoms. The van der Waals surface area contributed by atoms with E-state index in [0.29, 0.717) is 12.2 Å². The van der Waals surface area contributed by atoms with Crippen LogP contribution in [0.25, 0.3) is 11.3 Å². The Morgan fingerprint density at radius 1 is 1.00 bits per heavy atom. The zero-order chi connectivity index (χ0) is 18.5. The van der Waals surface area contributed by atoms with Crippen LogP contribution in [0.3, 0.4) is 0 Å². The standard InChI is InChI=1S/C22H21NO3/c1-15-13-20(22(24)25-3)16(2)21(23-15)18-9-11-19(12-10-18)26-14-17-7-5-4-6-8-17/h4-13H,14H2,1-3H3. The van der Waals surface area contributed by atoms with Gasteiger partial charge in [0.2, 0.25) is 0 Å². The number of hydrogen-bond acceptors (Lipinski definition) is 4. The van der Waals surface area contributed by atoms with Crippen LogP contribution in [0.4, 0.5) is 0 Å².